The molecular formula is C25H28N4O3. The Bertz CT molecular complexity index is 1260. The molecule has 4 rings (SSSR count). The lowest BCUT2D eigenvalue weighted by Crippen LogP contribution is -2.21. The SMILES string of the molecule is Cc1cc(CN(C)CCC(=O)O)ccc1-c1noc(-c2ccc3c(ccn3C(C)C)c2)n1. The smallest absolute Gasteiger partial charge is 0.304 e. The summed E-state index contributed by atoms with van der Waals surface area (Å²) in [7, 11) is 1.92. The van der Waals surface area contributed by atoms with Gasteiger partial charge < -0.3 is 19.1 Å². The summed E-state index contributed by atoms with van der Waals surface area (Å²) in [5, 5.41) is 14.2. The van der Waals surface area contributed by atoms with Crippen LogP contribution in [0, 0.1) is 6.92 Å². The molecule has 0 saturated carbocycles. The van der Waals surface area contributed by atoms with Crippen LogP contribution in [0.2, 0.25) is 0 Å². The standard InChI is InChI=1S/C25H28N4O3/c1-16(2)29-12-9-19-14-20(6-8-22(19)29)25-26-24(27-32-25)21-7-5-18(13-17(21)3)15-28(4)11-10-23(30)31/h5-9,12-14,16H,10-11,15H2,1-4H3,(H,30,31). The van der Waals surface area contributed by atoms with E-state index in [4.69, 9.17) is 9.63 Å². The molecule has 0 spiro atoms. The molecule has 0 bridgehead atoms. The monoisotopic (exact) mass is 432 g/mol. The summed E-state index contributed by atoms with van der Waals surface area (Å²) in [5.41, 5.74) is 5.16. The lowest BCUT2D eigenvalue weighted by molar-refractivity contribution is -0.137. The Morgan fingerprint density at radius 1 is 1.19 bits per heavy atom. The summed E-state index contributed by atoms with van der Waals surface area (Å²) in [6.07, 6.45) is 2.23. The maximum Gasteiger partial charge on any atom is 0.304 e. The molecule has 0 unspecified atom stereocenters. The van der Waals surface area contributed by atoms with E-state index in [0.29, 0.717) is 30.8 Å². The van der Waals surface area contributed by atoms with Gasteiger partial charge in [-0.15, -0.1) is 0 Å². The van der Waals surface area contributed by atoms with Crippen LogP contribution >= 0.6 is 0 Å². The number of rotatable bonds is 8. The van der Waals surface area contributed by atoms with Crippen LogP contribution in [0.4, 0.5) is 0 Å². The molecule has 0 atom stereocenters. The number of aromatic nitrogens is 3. The van der Waals surface area contributed by atoms with Gasteiger partial charge >= 0.3 is 5.97 Å². The molecule has 7 nitrogen and oxygen atoms in total. The Hall–Kier alpha value is -3.45. The first-order chi connectivity index (χ1) is 15.3. The fraction of sp³-hybridized carbons (Fsp3) is 0.320. The van der Waals surface area contributed by atoms with Crippen molar-refractivity contribution in [2.24, 2.45) is 0 Å². The third-order valence-electron chi connectivity index (χ3n) is 5.64. The average Bonchev–Trinajstić information content (AvgIpc) is 3.39. The van der Waals surface area contributed by atoms with Crippen LogP contribution < -0.4 is 0 Å². The number of aryl methyl sites for hydroxylation is 1. The van der Waals surface area contributed by atoms with Gasteiger partial charge in [0.05, 0.1) is 6.42 Å². The third-order valence-corrected chi connectivity index (χ3v) is 5.64. The highest BCUT2D eigenvalue weighted by Gasteiger charge is 2.15. The first kappa shape index (κ1) is 21.8. The molecule has 0 aliphatic carbocycles. The molecule has 2 aromatic carbocycles. The summed E-state index contributed by atoms with van der Waals surface area (Å²) in [6, 6.07) is 14.8. The normalized spacial score (nSPS) is 11.7. The van der Waals surface area contributed by atoms with Gasteiger partial charge in [0.15, 0.2) is 0 Å². The van der Waals surface area contributed by atoms with Crippen molar-refractivity contribution < 1.29 is 14.4 Å². The molecule has 7 heteroatoms. The molecule has 0 amide bonds. The Morgan fingerprint density at radius 3 is 2.72 bits per heavy atom. The van der Waals surface area contributed by atoms with E-state index in [0.717, 1.165) is 27.6 Å². The van der Waals surface area contributed by atoms with E-state index in [1.165, 1.54) is 5.52 Å². The highest BCUT2D eigenvalue weighted by molar-refractivity contribution is 5.84. The summed E-state index contributed by atoms with van der Waals surface area (Å²) in [4.78, 5) is 17.4. The van der Waals surface area contributed by atoms with Crippen molar-refractivity contribution in [3.63, 3.8) is 0 Å². The second-order valence-electron chi connectivity index (χ2n) is 8.54. The van der Waals surface area contributed by atoms with Gasteiger partial charge in [-0.2, -0.15) is 4.98 Å². The van der Waals surface area contributed by atoms with Gasteiger partial charge in [-0.3, -0.25) is 4.79 Å². The third kappa shape index (κ3) is 4.57. The van der Waals surface area contributed by atoms with Gasteiger partial charge in [0.1, 0.15) is 0 Å². The molecule has 0 radical (unpaired) electrons. The number of hydrogen-bond acceptors (Lipinski definition) is 5. The molecule has 166 valence electrons. The molecule has 0 aliphatic heterocycles. The van der Waals surface area contributed by atoms with Crippen molar-refractivity contribution in [1.82, 2.24) is 19.6 Å². The van der Waals surface area contributed by atoms with E-state index in [1.807, 2.05) is 37.1 Å². The summed E-state index contributed by atoms with van der Waals surface area (Å²) in [5.74, 6) is 0.270. The minimum atomic E-state index is -0.784. The maximum absolute atomic E-state index is 10.8. The van der Waals surface area contributed by atoms with Crippen LogP contribution in [0.25, 0.3) is 33.7 Å². The van der Waals surface area contributed by atoms with E-state index in [-0.39, 0.29) is 6.42 Å². The van der Waals surface area contributed by atoms with Gasteiger partial charge in [-0.1, -0.05) is 23.4 Å². The number of benzene rings is 2. The van der Waals surface area contributed by atoms with Crippen molar-refractivity contribution in [3.8, 4) is 22.8 Å². The average molecular weight is 433 g/mol. The number of fused-ring (bicyclic) bond motifs is 1. The first-order valence-electron chi connectivity index (χ1n) is 10.8. The van der Waals surface area contributed by atoms with Crippen LogP contribution in [0.3, 0.4) is 0 Å². The zero-order valence-corrected chi connectivity index (χ0v) is 18.9. The zero-order valence-electron chi connectivity index (χ0n) is 18.9. The highest BCUT2D eigenvalue weighted by Crippen LogP contribution is 2.29. The van der Waals surface area contributed by atoms with Gasteiger partial charge in [-0.05, 0) is 63.2 Å². The Kier molecular flexibility index (Phi) is 6.10. The molecule has 0 fully saturated rings. The zero-order chi connectivity index (χ0) is 22.8. The van der Waals surface area contributed by atoms with Gasteiger partial charge in [-0.25, -0.2) is 0 Å². The van der Waals surface area contributed by atoms with Crippen molar-refractivity contribution in [3.05, 3.63) is 59.8 Å². The number of carboxylic acids is 1. The van der Waals surface area contributed by atoms with Crippen molar-refractivity contribution >= 4 is 16.9 Å². The molecule has 32 heavy (non-hydrogen) atoms. The molecule has 0 saturated heterocycles. The van der Waals surface area contributed by atoms with Crippen LogP contribution in [0.1, 0.15) is 37.4 Å². The molecule has 4 aromatic rings. The molecular weight excluding hydrogens is 404 g/mol. The second kappa shape index (κ2) is 8.96. The number of hydrogen-bond donors (Lipinski definition) is 1. The quantitative estimate of drug-likeness (QED) is 0.414. The van der Waals surface area contributed by atoms with Crippen LogP contribution in [0.15, 0.2) is 53.2 Å². The predicted octanol–water partition coefficient (Wildman–Crippen LogP) is 5.15. The van der Waals surface area contributed by atoms with E-state index >= 15 is 0 Å². The first-order valence-corrected chi connectivity index (χ1v) is 10.8. The largest absolute Gasteiger partial charge is 0.481 e. The number of aliphatic carboxylic acids is 1. The van der Waals surface area contributed by atoms with Gasteiger partial charge in [0.2, 0.25) is 5.82 Å². The van der Waals surface area contributed by atoms with Crippen molar-refractivity contribution in [2.75, 3.05) is 13.6 Å². The summed E-state index contributed by atoms with van der Waals surface area (Å²) >= 11 is 0. The predicted molar refractivity (Wildman–Crippen MR) is 124 cm³/mol. The molecule has 0 aliphatic rings. The van der Waals surface area contributed by atoms with Crippen LogP contribution in [-0.2, 0) is 11.3 Å². The lowest BCUT2D eigenvalue weighted by Gasteiger charge is -2.16. The Balaban J connectivity index is 1.53. The minimum Gasteiger partial charge on any atom is -0.481 e. The molecule has 2 aromatic heterocycles. The van der Waals surface area contributed by atoms with E-state index in [9.17, 15) is 4.79 Å². The fourth-order valence-corrected chi connectivity index (χ4v) is 3.95. The van der Waals surface area contributed by atoms with Gasteiger partial charge in [0, 0.05) is 47.4 Å². The Labute approximate surface area is 187 Å². The number of nitrogens with zero attached hydrogens (tertiary/aromatic N) is 4. The van der Waals surface area contributed by atoms with E-state index < -0.39 is 5.97 Å². The second-order valence-corrected chi connectivity index (χ2v) is 8.54. The number of carbonyl (C=O) groups is 1. The fourth-order valence-electron chi connectivity index (χ4n) is 3.95. The number of carboxylic acid groups (broad SMARTS) is 1. The van der Waals surface area contributed by atoms with E-state index in [1.54, 1.807) is 0 Å². The van der Waals surface area contributed by atoms with Crippen LogP contribution in [0.5, 0.6) is 0 Å². The summed E-state index contributed by atoms with van der Waals surface area (Å²) in [6.45, 7) is 7.54. The minimum absolute atomic E-state index is 0.132. The van der Waals surface area contributed by atoms with Crippen LogP contribution in [-0.4, -0.2) is 44.3 Å². The molecule has 2 heterocycles. The maximum atomic E-state index is 10.8. The highest BCUT2D eigenvalue weighted by atomic mass is 16.5. The summed E-state index contributed by atoms with van der Waals surface area (Å²) < 4.78 is 7.82. The van der Waals surface area contributed by atoms with Crippen molar-refractivity contribution in [2.45, 2.75) is 39.8 Å². The Morgan fingerprint density at radius 2 is 2.00 bits per heavy atom. The topological polar surface area (TPSA) is 84.4 Å². The molecule has 1 N–H and O–H groups in total. The van der Waals surface area contributed by atoms with E-state index in [2.05, 4.69) is 59.0 Å². The van der Waals surface area contributed by atoms with Crippen molar-refractivity contribution in [1.29, 1.82) is 0 Å². The van der Waals surface area contributed by atoms with Gasteiger partial charge in [0.25, 0.3) is 5.89 Å². The lowest BCUT2D eigenvalue weighted by atomic mass is 10.0.